The van der Waals surface area contributed by atoms with Crippen molar-refractivity contribution in [1.82, 2.24) is 19.9 Å². The molecule has 3 saturated heterocycles. The van der Waals surface area contributed by atoms with E-state index in [-0.39, 0.29) is 41.1 Å². The van der Waals surface area contributed by atoms with Crippen LogP contribution in [-0.4, -0.2) is 76.0 Å². The second kappa shape index (κ2) is 11.3. The Bertz CT molecular complexity index is 1740. The van der Waals surface area contributed by atoms with Crippen LogP contribution in [0.3, 0.4) is 0 Å². The molecule has 3 N–H and O–H groups in total. The molecule has 5 heterocycles. The highest BCUT2D eigenvalue weighted by molar-refractivity contribution is 6.01. The second-order valence-electron chi connectivity index (χ2n) is 12.5. The van der Waals surface area contributed by atoms with E-state index in [2.05, 4.69) is 19.8 Å². The van der Waals surface area contributed by atoms with Crippen LogP contribution in [0.25, 0.3) is 32.9 Å². The number of nitrogens with zero attached hydrogens (tertiary/aromatic N) is 5. The van der Waals surface area contributed by atoms with E-state index in [0.717, 1.165) is 32.2 Å². The Morgan fingerprint density at radius 2 is 2.00 bits per heavy atom. The summed E-state index contributed by atoms with van der Waals surface area (Å²) in [6.07, 6.45) is 5.10. The van der Waals surface area contributed by atoms with E-state index in [1.165, 1.54) is 18.2 Å². The molecule has 3 aliphatic rings. The van der Waals surface area contributed by atoms with E-state index in [9.17, 15) is 13.9 Å². The lowest BCUT2D eigenvalue weighted by atomic mass is 9.94. The Morgan fingerprint density at radius 1 is 1.14 bits per heavy atom. The molecule has 0 spiro atoms. The summed E-state index contributed by atoms with van der Waals surface area (Å²) in [5.74, 6) is -0.429. The monoisotopic (exact) mass is 606 g/mol. The molecule has 0 saturated carbocycles. The SMILES string of the molecule is CCc1c(F)ccc2cc(O)cc(-c3ncc4c(N5CCCC(CN)C5)nc(OC[C@@]56CCCN5C[C@H](F)C6)nc4c3F)c12. The average Bonchev–Trinajstić information content (AvgIpc) is 3.55. The molecule has 1 unspecified atom stereocenters. The van der Waals surface area contributed by atoms with Crippen molar-refractivity contribution in [1.29, 1.82) is 0 Å². The van der Waals surface area contributed by atoms with Gasteiger partial charge in [-0.25, -0.2) is 13.2 Å². The van der Waals surface area contributed by atoms with E-state index in [4.69, 9.17) is 15.5 Å². The van der Waals surface area contributed by atoms with Gasteiger partial charge in [0.1, 0.15) is 41.4 Å². The van der Waals surface area contributed by atoms with Crippen molar-refractivity contribution in [3.63, 3.8) is 0 Å². The number of aromatic hydroxyl groups is 1. The maximum absolute atomic E-state index is 16.7. The zero-order chi connectivity index (χ0) is 30.6. The van der Waals surface area contributed by atoms with Crippen LogP contribution < -0.4 is 15.4 Å². The van der Waals surface area contributed by atoms with Gasteiger partial charge in [0.2, 0.25) is 0 Å². The molecule has 7 rings (SSSR count). The molecule has 0 radical (unpaired) electrons. The van der Waals surface area contributed by atoms with Gasteiger partial charge in [-0.2, -0.15) is 9.97 Å². The number of phenolic OH excluding ortho intramolecular Hbond substituents is 1. The number of fused-ring (bicyclic) bond motifs is 3. The molecule has 8 nitrogen and oxygen atoms in total. The number of pyridine rings is 1. The zero-order valence-corrected chi connectivity index (χ0v) is 24.8. The number of aromatic nitrogens is 3. The lowest BCUT2D eigenvalue weighted by molar-refractivity contribution is 0.107. The molecule has 44 heavy (non-hydrogen) atoms. The Morgan fingerprint density at radius 3 is 2.82 bits per heavy atom. The third kappa shape index (κ3) is 4.90. The number of piperidine rings is 1. The van der Waals surface area contributed by atoms with Gasteiger partial charge in [0.15, 0.2) is 5.82 Å². The van der Waals surface area contributed by atoms with Gasteiger partial charge in [0, 0.05) is 37.8 Å². The highest BCUT2D eigenvalue weighted by Crippen LogP contribution is 2.42. The van der Waals surface area contributed by atoms with Crippen LogP contribution in [0.15, 0.2) is 30.5 Å². The molecular weight excluding hydrogens is 569 g/mol. The maximum Gasteiger partial charge on any atom is 0.319 e. The van der Waals surface area contributed by atoms with Crippen LogP contribution in [0.2, 0.25) is 0 Å². The van der Waals surface area contributed by atoms with Crippen LogP contribution in [0.1, 0.15) is 44.6 Å². The Kier molecular flexibility index (Phi) is 7.48. The molecule has 2 aromatic heterocycles. The van der Waals surface area contributed by atoms with Crippen molar-refractivity contribution in [3.05, 3.63) is 47.7 Å². The van der Waals surface area contributed by atoms with Gasteiger partial charge < -0.3 is 20.5 Å². The van der Waals surface area contributed by atoms with Gasteiger partial charge in [-0.1, -0.05) is 13.0 Å². The van der Waals surface area contributed by atoms with E-state index >= 15 is 4.39 Å². The second-order valence-corrected chi connectivity index (χ2v) is 12.5. The first-order valence-electron chi connectivity index (χ1n) is 15.6. The summed E-state index contributed by atoms with van der Waals surface area (Å²) in [6.45, 7) is 5.15. The smallest absolute Gasteiger partial charge is 0.319 e. The van der Waals surface area contributed by atoms with E-state index < -0.39 is 23.3 Å². The number of anilines is 1. The molecule has 3 atom stereocenters. The molecule has 4 aromatic rings. The minimum atomic E-state index is -0.908. The summed E-state index contributed by atoms with van der Waals surface area (Å²) >= 11 is 0. The van der Waals surface area contributed by atoms with E-state index in [0.29, 0.717) is 66.6 Å². The number of hydrogen-bond acceptors (Lipinski definition) is 8. The molecule has 0 amide bonds. The first-order chi connectivity index (χ1) is 21.3. The molecular formula is C33H37F3N6O2. The van der Waals surface area contributed by atoms with Gasteiger partial charge in [-0.15, -0.1) is 0 Å². The number of nitrogens with two attached hydrogens (primary N) is 1. The van der Waals surface area contributed by atoms with Crippen LogP contribution >= 0.6 is 0 Å². The number of ether oxygens (including phenoxy) is 1. The molecule has 3 aliphatic heterocycles. The largest absolute Gasteiger partial charge is 0.508 e. The third-order valence-corrected chi connectivity index (χ3v) is 9.79. The first kappa shape index (κ1) is 29.0. The van der Waals surface area contributed by atoms with Gasteiger partial charge in [0.25, 0.3) is 0 Å². The van der Waals surface area contributed by atoms with Crippen molar-refractivity contribution in [3.8, 4) is 23.0 Å². The number of aryl methyl sites for hydroxylation is 1. The van der Waals surface area contributed by atoms with E-state index in [1.54, 1.807) is 12.3 Å². The number of benzene rings is 2. The Labute approximate surface area is 254 Å². The quantitative estimate of drug-likeness (QED) is 0.284. The average molecular weight is 607 g/mol. The van der Waals surface area contributed by atoms with Crippen LogP contribution in [0.5, 0.6) is 11.8 Å². The van der Waals surface area contributed by atoms with E-state index in [1.807, 2.05) is 6.92 Å². The van der Waals surface area contributed by atoms with Crippen molar-refractivity contribution in [2.24, 2.45) is 11.7 Å². The summed E-state index contributed by atoms with van der Waals surface area (Å²) in [5.41, 5.74) is 6.26. The Balaban J connectivity index is 1.37. The first-order valence-corrected chi connectivity index (χ1v) is 15.6. The van der Waals surface area contributed by atoms with Gasteiger partial charge in [-0.05, 0) is 85.6 Å². The summed E-state index contributed by atoms with van der Waals surface area (Å²) < 4.78 is 52.3. The fourth-order valence-corrected chi connectivity index (χ4v) is 7.64. The minimum Gasteiger partial charge on any atom is -0.508 e. The summed E-state index contributed by atoms with van der Waals surface area (Å²) in [7, 11) is 0. The molecule has 3 fully saturated rings. The summed E-state index contributed by atoms with van der Waals surface area (Å²) in [5, 5.41) is 12.0. The maximum atomic E-state index is 16.7. The molecule has 2 aromatic carbocycles. The van der Waals surface area contributed by atoms with Crippen LogP contribution in [-0.2, 0) is 6.42 Å². The Hall–Kier alpha value is -3.70. The normalized spacial score (nSPS) is 24.0. The lowest BCUT2D eigenvalue weighted by Crippen LogP contribution is -2.43. The number of phenols is 1. The predicted octanol–water partition coefficient (Wildman–Crippen LogP) is 5.52. The lowest BCUT2D eigenvalue weighted by Gasteiger charge is -2.34. The van der Waals surface area contributed by atoms with Crippen molar-refractivity contribution >= 4 is 27.5 Å². The fourth-order valence-electron chi connectivity index (χ4n) is 7.64. The molecule has 11 heteroatoms. The predicted molar refractivity (Wildman–Crippen MR) is 164 cm³/mol. The molecule has 0 bridgehead atoms. The number of alkyl halides is 1. The zero-order valence-electron chi connectivity index (χ0n) is 24.8. The highest BCUT2D eigenvalue weighted by atomic mass is 19.1. The van der Waals surface area contributed by atoms with Crippen molar-refractivity contribution in [2.75, 3.05) is 44.2 Å². The highest BCUT2D eigenvalue weighted by Gasteiger charge is 2.49. The minimum absolute atomic E-state index is 0.0167. The van der Waals surface area contributed by atoms with Gasteiger partial charge in [-0.3, -0.25) is 9.88 Å². The molecule has 0 aliphatic carbocycles. The molecule has 232 valence electrons. The number of hydrogen-bond donors (Lipinski definition) is 2. The summed E-state index contributed by atoms with van der Waals surface area (Å²) in [4.78, 5) is 18.1. The van der Waals surface area contributed by atoms with Gasteiger partial charge in [0.05, 0.1) is 10.9 Å². The standard InChI is InChI=1S/C33H37F3N6O2/c1-2-23-26(35)7-6-20-11-22(43)12-24(27(20)23)29-28(36)30-25(15-38-29)31(41-9-3-5-19(14-37)16-41)40-32(39-30)44-18-33-8-4-10-42(33)17-21(34)13-33/h6-7,11-12,15,19,21,43H,2-5,8-10,13-14,16-18,37H2,1H3/t19?,21-,33+/m1/s1. The summed E-state index contributed by atoms with van der Waals surface area (Å²) in [6, 6.07) is 5.88. The van der Waals surface area contributed by atoms with Gasteiger partial charge >= 0.3 is 6.01 Å². The van der Waals surface area contributed by atoms with Crippen molar-refractivity contribution < 1.29 is 23.0 Å². The third-order valence-electron chi connectivity index (χ3n) is 9.79. The van der Waals surface area contributed by atoms with Crippen LogP contribution in [0, 0.1) is 17.6 Å². The fraction of sp³-hybridized carbons (Fsp3) is 0.485. The van der Waals surface area contributed by atoms with Crippen molar-refractivity contribution in [2.45, 2.75) is 57.2 Å². The topological polar surface area (TPSA) is 101 Å². The number of rotatable bonds is 7. The van der Waals surface area contributed by atoms with Crippen LogP contribution in [0.4, 0.5) is 19.0 Å². The number of halogens is 3.